The topological polar surface area (TPSA) is 67.6 Å². The van der Waals surface area contributed by atoms with Crippen molar-refractivity contribution in [2.45, 2.75) is 43.7 Å². The number of sulfonamides is 1. The number of aliphatic imine (C=N–C) groups is 1. The predicted molar refractivity (Wildman–Crippen MR) is 134 cm³/mol. The highest BCUT2D eigenvalue weighted by Gasteiger charge is 2.31. The molecule has 3 aromatic rings. The summed E-state index contributed by atoms with van der Waals surface area (Å²) in [6.07, 6.45) is 0.479. The fourth-order valence-corrected chi connectivity index (χ4v) is 5.98. The van der Waals surface area contributed by atoms with Gasteiger partial charge in [-0.15, -0.1) is 0 Å². The van der Waals surface area contributed by atoms with Gasteiger partial charge in [-0.25, -0.2) is 13.1 Å². The molecule has 36 heavy (non-hydrogen) atoms. The van der Waals surface area contributed by atoms with E-state index in [-0.39, 0.29) is 26.4 Å². The van der Waals surface area contributed by atoms with Gasteiger partial charge in [0, 0.05) is 19.3 Å². The Morgan fingerprint density at radius 1 is 1.03 bits per heavy atom. The SMILES string of the molecule is Cc1nn(-c2cccc(C(F)(F)F)c2)c(Cl)c1C=Nc1cc(S(=O)(=O)N2CCCCCC2)ccc1Cl. The van der Waals surface area contributed by atoms with Gasteiger partial charge in [-0.1, -0.05) is 42.1 Å². The van der Waals surface area contributed by atoms with Crippen LogP contribution in [0.25, 0.3) is 5.69 Å². The normalized spacial score (nSPS) is 15.9. The molecule has 0 atom stereocenters. The van der Waals surface area contributed by atoms with Crippen molar-refractivity contribution in [2.75, 3.05) is 13.1 Å². The number of nitrogens with zero attached hydrogens (tertiary/aromatic N) is 4. The van der Waals surface area contributed by atoms with Crippen LogP contribution in [-0.4, -0.2) is 41.8 Å². The van der Waals surface area contributed by atoms with Crippen molar-refractivity contribution in [1.29, 1.82) is 0 Å². The Hall–Kier alpha value is -2.40. The van der Waals surface area contributed by atoms with Crippen molar-refractivity contribution in [3.8, 4) is 5.69 Å². The zero-order chi connectivity index (χ0) is 26.1. The summed E-state index contributed by atoms with van der Waals surface area (Å²) in [5, 5.41) is 4.55. The molecule has 0 radical (unpaired) electrons. The van der Waals surface area contributed by atoms with Crippen LogP contribution in [-0.2, 0) is 16.2 Å². The Morgan fingerprint density at radius 2 is 1.72 bits per heavy atom. The summed E-state index contributed by atoms with van der Waals surface area (Å²) in [5.74, 6) is 0. The second kappa shape index (κ2) is 10.5. The van der Waals surface area contributed by atoms with Gasteiger partial charge in [-0.05, 0) is 56.2 Å². The highest BCUT2D eigenvalue weighted by Crippen LogP contribution is 2.33. The quantitative estimate of drug-likeness (QED) is 0.322. The smallest absolute Gasteiger partial charge is 0.254 e. The molecule has 0 amide bonds. The molecule has 2 heterocycles. The molecule has 1 aliphatic rings. The lowest BCUT2D eigenvalue weighted by molar-refractivity contribution is -0.137. The molecule has 0 unspecified atom stereocenters. The second-order valence-corrected chi connectivity index (χ2v) is 11.1. The van der Waals surface area contributed by atoms with E-state index >= 15 is 0 Å². The van der Waals surface area contributed by atoms with Crippen LogP contribution in [0.2, 0.25) is 10.2 Å². The minimum atomic E-state index is -4.51. The van der Waals surface area contributed by atoms with E-state index in [4.69, 9.17) is 23.2 Å². The van der Waals surface area contributed by atoms with Crippen LogP contribution in [0, 0.1) is 6.92 Å². The lowest BCUT2D eigenvalue weighted by Gasteiger charge is -2.20. The molecule has 192 valence electrons. The van der Waals surface area contributed by atoms with Gasteiger partial charge >= 0.3 is 6.18 Å². The average Bonchev–Trinajstić information content (AvgIpc) is 3.00. The molecule has 1 saturated heterocycles. The van der Waals surface area contributed by atoms with E-state index < -0.39 is 21.8 Å². The van der Waals surface area contributed by atoms with E-state index in [1.54, 1.807) is 6.92 Å². The van der Waals surface area contributed by atoms with Gasteiger partial charge in [0.1, 0.15) is 5.15 Å². The van der Waals surface area contributed by atoms with Gasteiger partial charge in [-0.3, -0.25) is 4.99 Å². The third kappa shape index (κ3) is 5.61. The number of alkyl halides is 3. The first kappa shape index (κ1) is 26.7. The number of aryl methyl sites for hydroxylation is 1. The van der Waals surface area contributed by atoms with Crippen LogP contribution in [0.15, 0.2) is 52.4 Å². The van der Waals surface area contributed by atoms with Crippen molar-refractivity contribution in [3.63, 3.8) is 0 Å². The van der Waals surface area contributed by atoms with Crippen molar-refractivity contribution < 1.29 is 21.6 Å². The predicted octanol–water partition coefficient (Wildman–Crippen LogP) is 6.82. The summed E-state index contributed by atoms with van der Waals surface area (Å²) in [7, 11) is -3.71. The van der Waals surface area contributed by atoms with Crippen LogP contribution in [0.1, 0.15) is 42.5 Å². The number of benzene rings is 2. The molecular weight excluding hydrogens is 536 g/mol. The minimum Gasteiger partial charge on any atom is -0.254 e. The Bertz CT molecular complexity index is 1400. The largest absolute Gasteiger partial charge is 0.416 e. The van der Waals surface area contributed by atoms with E-state index in [2.05, 4.69) is 10.1 Å². The lowest BCUT2D eigenvalue weighted by Crippen LogP contribution is -2.31. The summed E-state index contributed by atoms with van der Waals surface area (Å²) in [6.45, 7) is 2.57. The van der Waals surface area contributed by atoms with Gasteiger partial charge in [0.2, 0.25) is 10.0 Å². The third-order valence-electron chi connectivity index (χ3n) is 5.92. The van der Waals surface area contributed by atoms with E-state index in [9.17, 15) is 21.6 Å². The maximum Gasteiger partial charge on any atom is 0.416 e. The van der Waals surface area contributed by atoms with Crippen LogP contribution >= 0.6 is 23.2 Å². The Kier molecular flexibility index (Phi) is 7.80. The summed E-state index contributed by atoms with van der Waals surface area (Å²) in [6, 6.07) is 8.97. The molecular formula is C24H23Cl2F3N4O2S. The first-order chi connectivity index (χ1) is 17.0. The molecule has 0 spiro atoms. The molecule has 0 saturated carbocycles. The zero-order valence-electron chi connectivity index (χ0n) is 19.3. The molecule has 4 rings (SSSR count). The molecule has 0 N–H and O–H groups in total. The van der Waals surface area contributed by atoms with Crippen molar-refractivity contribution in [3.05, 3.63) is 69.5 Å². The molecule has 2 aromatic carbocycles. The minimum absolute atomic E-state index is 0.0556. The van der Waals surface area contributed by atoms with Gasteiger partial charge < -0.3 is 0 Å². The summed E-state index contributed by atoms with van der Waals surface area (Å²) >= 11 is 12.7. The van der Waals surface area contributed by atoms with Crippen LogP contribution in [0.3, 0.4) is 0 Å². The number of rotatable bonds is 5. The van der Waals surface area contributed by atoms with Gasteiger partial charge in [0.25, 0.3) is 0 Å². The van der Waals surface area contributed by atoms with Crippen LogP contribution in [0.4, 0.5) is 18.9 Å². The first-order valence-electron chi connectivity index (χ1n) is 11.2. The fourth-order valence-electron chi connectivity index (χ4n) is 3.96. The summed E-state index contributed by atoms with van der Waals surface area (Å²) in [5.41, 5.74) is 0.321. The molecule has 0 bridgehead atoms. The fraction of sp³-hybridized carbons (Fsp3) is 0.333. The molecule has 6 nitrogen and oxygen atoms in total. The van der Waals surface area contributed by atoms with Crippen molar-refractivity contribution in [2.24, 2.45) is 4.99 Å². The summed E-state index contributed by atoms with van der Waals surface area (Å²) < 4.78 is 68.4. The first-order valence-corrected chi connectivity index (χ1v) is 13.4. The van der Waals surface area contributed by atoms with Crippen molar-refractivity contribution in [1.82, 2.24) is 14.1 Å². The third-order valence-corrected chi connectivity index (χ3v) is 8.50. The number of hydrogen-bond donors (Lipinski definition) is 0. The highest BCUT2D eigenvalue weighted by molar-refractivity contribution is 7.89. The van der Waals surface area contributed by atoms with E-state index in [1.807, 2.05) is 0 Å². The Balaban J connectivity index is 1.66. The molecule has 1 aromatic heterocycles. The Labute approximate surface area is 217 Å². The highest BCUT2D eigenvalue weighted by atomic mass is 35.5. The van der Waals surface area contributed by atoms with Crippen molar-refractivity contribution >= 4 is 45.1 Å². The number of aromatic nitrogens is 2. The average molecular weight is 559 g/mol. The monoisotopic (exact) mass is 558 g/mol. The van der Waals surface area contributed by atoms with E-state index in [0.717, 1.165) is 37.8 Å². The van der Waals surface area contributed by atoms with Gasteiger partial charge in [0.05, 0.1) is 38.1 Å². The standard InChI is InChI=1S/C24H23Cl2F3N4O2S/c1-16-20(23(26)33(31-16)18-8-6-7-17(13-18)24(27,28)29)15-30-22-14-19(9-10-21(22)25)36(34,35)32-11-4-2-3-5-12-32/h6-10,13-15H,2-5,11-12H2,1H3. The number of hydrogen-bond acceptors (Lipinski definition) is 4. The van der Waals surface area contributed by atoms with Crippen LogP contribution in [0.5, 0.6) is 0 Å². The second-order valence-electron chi connectivity index (χ2n) is 8.44. The van der Waals surface area contributed by atoms with Gasteiger partial charge in [0.15, 0.2) is 0 Å². The maximum absolute atomic E-state index is 13.2. The van der Waals surface area contributed by atoms with E-state index in [1.165, 1.54) is 45.5 Å². The maximum atomic E-state index is 13.2. The zero-order valence-corrected chi connectivity index (χ0v) is 21.6. The molecule has 12 heteroatoms. The molecule has 0 aliphatic carbocycles. The Morgan fingerprint density at radius 3 is 2.39 bits per heavy atom. The lowest BCUT2D eigenvalue weighted by atomic mass is 10.2. The molecule has 1 aliphatic heterocycles. The molecule has 1 fully saturated rings. The summed E-state index contributed by atoms with van der Waals surface area (Å²) in [4.78, 5) is 4.43. The van der Waals surface area contributed by atoms with Crippen LogP contribution < -0.4 is 0 Å². The van der Waals surface area contributed by atoms with Gasteiger partial charge in [-0.2, -0.15) is 22.6 Å². The number of halogens is 5. The van der Waals surface area contributed by atoms with E-state index in [0.29, 0.717) is 24.3 Å².